The number of benzene rings is 1. The van der Waals surface area contributed by atoms with Crippen LogP contribution in [0.4, 0.5) is 11.4 Å². The van der Waals surface area contributed by atoms with Gasteiger partial charge in [0.2, 0.25) is 0 Å². The van der Waals surface area contributed by atoms with E-state index in [4.69, 9.17) is 11.5 Å². The van der Waals surface area contributed by atoms with Crippen LogP contribution in [0.1, 0.15) is 15.2 Å². The second kappa shape index (κ2) is 5.55. The lowest BCUT2D eigenvalue weighted by molar-refractivity contribution is 0.100. The lowest BCUT2D eigenvalue weighted by Crippen LogP contribution is -2.16. The molecule has 1 aromatic heterocycles. The van der Waals surface area contributed by atoms with Crippen LogP contribution in [-0.2, 0) is 6.42 Å². The number of nitrogen functional groups attached to an aromatic ring is 1. The van der Waals surface area contributed by atoms with Crippen LogP contribution < -0.4 is 16.8 Å². The highest BCUT2D eigenvalue weighted by Gasteiger charge is 2.10. The Bertz CT molecular complexity index is 537. The number of primary amides is 1. The highest BCUT2D eigenvalue weighted by Crippen LogP contribution is 2.23. The minimum absolute atomic E-state index is 0.432. The molecule has 0 aliphatic carbocycles. The van der Waals surface area contributed by atoms with E-state index >= 15 is 0 Å². The fourth-order valence-electron chi connectivity index (χ4n) is 1.74. The van der Waals surface area contributed by atoms with Gasteiger partial charge in [-0.15, -0.1) is 11.3 Å². The van der Waals surface area contributed by atoms with Gasteiger partial charge in [-0.05, 0) is 30.0 Å². The Hall–Kier alpha value is -2.01. The molecule has 0 saturated heterocycles. The lowest BCUT2D eigenvalue weighted by Gasteiger charge is -2.12. The summed E-state index contributed by atoms with van der Waals surface area (Å²) in [5.41, 5.74) is 12.8. The van der Waals surface area contributed by atoms with Crippen molar-refractivity contribution in [2.24, 2.45) is 5.73 Å². The van der Waals surface area contributed by atoms with Gasteiger partial charge in [0, 0.05) is 11.4 Å². The number of carbonyl (C=O) groups excluding carboxylic acids is 1. The smallest absolute Gasteiger partial charge is 0.250 e. The highest BCUT2D eigenvalue weighted by molar-refractivity contribution is 7.09. The quantitative estimate of drug-likeness (QED) is 0.721. The van der Waals surface area contributed by atoms with E-state index in [0.29, 0.717) is 16.9 Å². The van der Waals surface area contributed by atoms with Crippen LogP contribution in [0.3, 0.4) is 0 Å². The molecule has 1 aromatic carbocycles. The van der Waals surface area contributed by atoms with Gasteiger partial charge in [0.1, 0.15) is 0 Å². The number of hydrogen-bond donors (Lipinski definition) is 3. The maximum Gasteiger partial charge on any atom is 0.250 e. The summed E-state index contributed by atoms with van der Waals surface area (Å²) >= 11 is 1.71. The molecule has 0 saturated carbocycles. The van der Waals surface area contributed by atoms with Crippen molar-refractivity contribution in [2.75, 3.05) is 17.6 Å². The first-order valence-electron chi connectivity index (χ1n) is 5.63. The maximum absolute atomic E-state index is 11.3. The number of anilines is 2. The van der Waals surface area contributed by atoms with Gasteiger partial charge in [0.25, 0.3) is 5.91 Å². The van der Waals surface area contributed by atoms with Gasteiger partial charge in [-0.2, -0.15) is 0 Å². The molecule has 18 heavy (non-hydrogen) atoms. The number of hydrogen-bond acceptors (Lipinski definition) is 4. The zero-order valence-corrected chi connectivity index (χ0v) is 10.7. The summed E-state index contributed by atoms with van der Waals surface area (Å²) in [6.45, 7) is 0.717. The van der Waals surface area contributed by atoms with Crippen LogP contribution in [0.5, 0.6) is 0 Å². The zero-order chi connectivity index (χ0) is 13.0. The van der Waals surface area contributed by atoms with Crippen molar-refractivity contribution in [3.63, 3.8) is 0 Å². The topological polar surface area (TPSA) is 81.1 Å². The first-order chi connectivity index (χ1) is 8.68. The zero-order valence-electron chi connectivity index (χ0n) is 9.85. The standard InChI is InChI=1S/C13H15N3OS/c14-11-5-1-4-10(13(15)17)12(11)16-7-6-9-3-2-8-18-9/h1-5,8,16H,6-7,14H2,(H2,15,17). The summed E-state index contributed by atoms with van der Waals surface area (Å²) in [6.07, 6.45) is 0.893. The summed E-state index contributed by atoms with van der Waals surface area (Å²) in [6, 6.07) is 9.24. The number of carbonyl (C=O) groups is 1. The van der Waals surface area contributed by atoms with Crippen molar-refractivity contribution in [2.45, 2.75) is 6.42 Å². The largest absolute Gasteiger partial charge is 0.397 e. The van der Waals surface area contributed by atoms with E-state index in [9.17, 15) is 4.79 Å². The van der Waals surface area contributed by atoms with Crippen LogP contribution >= 0.6 is 11.3 Å². The van der Waals surface area contributed by atoms with Gasteiger partial charge in [0.15, 0.2) is 0 Å². The van der Waals surface area contributed by atoms with E-state index in [2.05, 4.69) is 11.4 Å². The summed E-state index contributed by atoms with van der Waals surface area (Å²) in [5, 5.41) is 5.22. The summed E-state index contributed by atoms with van der Waals surface area (Å²) in [7, 11) is 0. The maximum atomic E-state index is 11.3. The number of thiophene rings is 1. The molecule has 94 valence electrons. The molecule has 0 unspecified atom stereocenters. The number of amides is 1. The average molecular weight is 261 g/mol. The van der Waals surface area contributed by atoms with Gasteiger partial charge < -0.3 is 16.8 Å². The predicted octanol–water partition coefficient (Wildman–Crippen LogP) is 2.08. The first kappa shape index (κ1) is 12.4. The minimum Gasteiger partial charge on any atom is -0.397 e. The molecular formula is C13H15N3OS. The Balaban J connectivity index is 2.06. The van der Waals surface area contributed by atoms with Gasteiger partial charge in [-0.3, -0.25) is 4.79 Å². The molecule has 2 aromatic rings. The number of nitrogens with one attached hydrogen (secondary N) is 1. The Labute approximate surface area is 110 Å². The Morgan fingerprint density at radius 1 is 1.28 bits per heavy atom. The number of rotatable bonds is 5. The molecule has 0 radical (unpaired) electrons. The summed E-state index contributed by atoms with van der Waals surface area (Å²) < 4.78 is 0. The fourth-order valence-corrected chi connectivity index (χ4v) is 2.45. The van der Waals surface area contributed by atoms with E-state index in [0.717, 1.165) is 13.0 Å². The van der Waals surface area contributed by atoms with E-state index < -0.39 is 5.91 Å². The van der Waals surface area contributed by atoms with Gasteiger partial charge in [0.05, 0.1) is 16.9 Å². The Morgan fingerprint density at radius 3 is 2.78 bits per heavy atom. The third kappa shape index (κ3) is 2.81. The number of nitrogens with two attached hydrogens (primary N) is 2. The third-order valence-electron chi connectivity index (χ3n) is 2.62. The normalized spacial score (nSPS) is 10.2. The van der Waals surface area contributed by atoms with Gasteiger partial charge >= 0.3 is 0 Å². The van der Waals surface area contributed by atoms with Crippen molar-refractivity contribution in [1.29, 1.82) is 0 Å². The molecule has 0 aliphatic rings. The highest BCUT2D eigenvalue weighted by atomic mass is 32.1. The molecule has 0 spiro atoms. The number of para-hydroxylation sites is 1. The second-order valence-corrected chi connectivity index (χ2v) is 4.92. The third-order valence-corrected chi connectivity index (χ3v) is 3.55. The lowest BCUT2D eigenvalue weighted by atomic mass is 10.1. The van der Waals surface area contributed by atoms with Crippen LogP contribution in [-0.4, -0.2) is 12.5 Å². The van der Waals surface area contributed by atoms with Crippen molar-refractivity contribution >= 4 is 28.6 Å². The molecular weight excluding hydrogens is 246 g/mol. The monoisotopic (exact) mass is 261 g/mol. The van der Waals surface area contributed by atoms with Crippen molar-refractivity contribution in [1.82, 2.24) is 0 Å². The van der Waals surface area contributed by atoms with E-state index in [1.165, 1.54) is 4.88 Å². The molecule has 1 heterocycles. The molecule has 0 bridgehead atoms. The second-order valence-electron chi connectivity index (χ2n) is 3.89. The van der Waals surface area contributed by atoms with Crippen LogP contribution in [0.2, 0.25) is 0 Å². The first-order valence-corrected chi connectivity index (χ1v) is 6.51. The van der Waals surface area contributed by atoms with E-state index in [1.54, 1.807) is 29.5 Å². The molecule has 0 atom stereocenters. The van der Waals surface area contributed by atoms with E-state index in [1.807, 2.05) is 11.4 Å². The molecule has 1 amide bonds. The van der Waals surface area contributed by atoms with Crippen LogP contribution in [0.15, 0.2) is 35.7 Å². The predicted molar refractivity (Wildman–Crippen MR) is 75.9 cm³/mol. The SMILES string of the molecule is NC(=O)c1cccc(N)c1NCCc1cccs1. The van der Waals surface area contributed by atoms with Crippen LogP contribution in [0, 0.1) is 0 Å². The Kier molecular flexibility index (Phi) is 3.84. The fraction of sp³-hybridized carbons (Fsp3) is 0.154. The molecule has 0 aliphatic heterocycles. The Morgan fingerprint density at radius 2 is 2.11 bits per heavy atom. The van der Waals surface area contributed by atoms with Crippen molar-refractivity contribution < 1.29 is 4.79 Å². The summed E-state index contributed by atoms with van der Waals surface area (Å²) in [4.78, 5) is 12.6. The molecule has 5 heteroatoms. The molecule has 4 nitrogen and oxygen atoms in total. The molecule has 2 rings (SSSR count). The van der Waals surface area contributed by atoms with Crippen LogP contribution in [0.25, 0.3) is 0 Å². The summed E-state index contributed by atoms with van der Waals surface area (Å²) in [5.74, 6) is -0.471. The average Bonchev–Trinajstić information content (AvgIpc) is 2.84. The van der Waals surface area contributed by atoms with Gasteiger partial charge in [-0.25, -0.2) is 0 Å². The molecule has 0 fully saturated rings. The van der Waals surface area contributed by atoms with Crippen molar-refractivity contribution in [3.05, 3.63) is 46.2 Å². The minimum atomic E-state index is -0.471. The molecule has 5 N–H and O–H groups in total. The van der Waals surface area contributed by atoms with Crippen molar-refractivity contribution in [3.8, 4) is 0 Å². The van der Waals surface area contributed by atoms with E-state index in [-0.39, 0.29) is 0 Å². The van der Waals surface area contributed by atoms with Gasteiger partial charge in [-0.1, -0.05) is 12.1 Å².